The summed E-state index contributed by atoms with van der Waals surface area (Å²) < 4.78 is 13.6. The molecule has 1 aromatic carbocycles. The van der Waals surface area contributed by atoms with Gasteiger partial charge in [-0.3, -0.25) is 4.79 Å². The Labute approximate surface area is 111 Å². The molecular formula is C13H17FN2O3. The van der Waals surface area contributed by atoms with Crippen LogP contribution in [0.4, 0.5) is 10.1 Å². The summed E-state index contributed by atoms with van der Waals surface area (Å²) in [6.45, 7) is 4.45. The molecule has 0 aromatic heterocycles. The van der Waals surface area contributed by atoms with Crippen molar-refractivity contribution in [2.45, 2.75) is 13.8 Å². The van der Waals surface area contributed by atoms with Gasteiger partial charge in [0.2, 0.25) is 5.91 Å². The first-order valence-corrected chi connectivity index (χ1v) is 6.04. The summed E-state index contributed by atoms with van der Waals surface area (Å²) in [5.41, 5.74) is -0.199. The second-order valence-corrected chi connectivity index (χ2v) is 3.91. The Morgan fingerprint density at radius 2 is 2.05 bits per heavy atom. The van der Waals surface area contributed by atoms with Gasteiger partial charge >= 0.3 is 5.97 Å². The molecule has 0 atom stereocenters. The van der Waals surface area contributed by atoms with E-state index in [1.165, 1.54) is 17.0 Å². The van der Waals surface area contributed by atoms with Crippen LogP contribution in [-0.4, -0.2) is 36.6 Å². The number of aromatic carboxylic acids is 1. The second kappa shape index (κ2) is 6.72. The van der Waals surface area contributed by atoms with Crippen molar-refractivity contribution in [2.75, 3.05) is 24.5 Å². The van der Waals surface area contributed by atoms with Crippen molar-refractivity contribution in [3.05, 3.63) is 29.6 Å². The predicted molar refractivity (Wildman–Crippen MR) is 69.9 cm³/mol. The number of carboxylic acid groups (broad SMARTS) is 1. The van der Waals surface area contributed by atoms with Crippen LogP contribution < -0.4 is 10.2 Å². The highest BCUT2D eigenvalue weighted by molar-refractivity contribution is 5.95. The quantitative estimate of drug-likeness (QED) is 0.820. The number of nitrogens with zero attached hydrogens (tertiary/aromatic N) is 1. The zero-order chi connectivity index (χ0) is 14.4. The van der Waals surface area contributed by atoms with Gasteiger partial charge in [-0.05, 0) is 26.0 Å². The Hall–Kier alpha value is -2.11. The Bertz CT molecular complexity index is 477. The van der Waals surface area contributed by atoms with Gasteiger partial charge in [0.1, 0.15) is 11.4 Å². The molecule has 0 saturated carbocycles. The summed E-state index contributed by atoms with van der Waals surface area (Å²) in [7, 11) is 0. The third kappa shape index (κ3) is 3.67. The molecule has 0 aliphatic rings. The molecule has 0 saturated heterocycles. The summed E-state index contributed by atoms with van der Waals surface area (Å²) >= 11 is 0. The van der Waals surface area contributed by atoms with Crippen molar-refractivity contribution in [3.63, 3.8) is 0 Å². The fraction of sp³-hybridized carbons (Fsp3) is 0.385. The van der Waals surface area contributed by atoms with E-state index < -0.39 is 17.3 Å². The fourth-order valence-corrected chi connectivity index (χ4v) is 1.78. The molecule has 0 radical (unpaired) electrons. The number of rotatable bonds is 6. The van der Waals surface area contributed by atoms with E-state index in [1.54, 1.807) is 13.8 Å². The highest BCUT2D eigenvalue weighted by Crippen LogP contribution is 2.23. The van der Waals surface area contributed by atoms with E-state index in [0.717, 1.165) is 6.07 Å². The van der Waals surface area contributed by atoms with Gasteiger partial charge in [0.05, 0.1) is 12.2 Å². The Morgan fingerprint density at radius 3 is 2.58 bits per heavy atom. The standard InChI is InChI=1S/C13H17FN2O3/c1-3-15-11(17)8-16(4-2)10-7-5-6-9(14)12(10)13(18)19/h5-7H,3-4,8H2,1-2H3,(H,15,17)(H,18,19). The SMILES string of the molecule is CCNC(=O)CN(CC)c1cccc(F)c1C(=O)O. The van der Waals surface area contributed by atoms with E-state index >= 15 is 0 Å². The van der Waals surface area contributed by atoms with Crippen LogP contribution in [0.1, 0.15) is 24.2 Å². The Kier molecular flexibility index (Phi) is 5.29. The van der Waals surface area contributed by atoms with Gasteiger partial charge in [-0.25, -0.2) is 9.18 Å². The average molecular weight is 268 g/mol. The van der Waals surface area contributed by atoms with Crippen LogP contribution in [0.3, 0.4) is 0 Å². The molecule has 104 valence electrons. The van der Waals surface area contributed by atoms with E-state index in [4.69, 9.17) is 5.11 Å². The first kappa shape index (κ1) is 14.9. The number of likely N-dealkylation sites (N-methyl/N-ethyl adjacent to an activating group) is 2. The number of amides is 1. The molecule has 6 heteroatoms. The van der Waals surface area contributed by atoms with Crippen molar-refractivity contribution >= 4 is 17.6 Å². The predicted octanol–water partition coefficient (Wildman–Crippen LogP) is 1.49. The molecule has 1 aromatic rings. The minimum Gasteiger partial charge on any atom is -0.478 e. The number of carbonyl (C=O) groups excluding carboxylic acids is 1. The van der Waals surface area contributed by atoms with Crippen LogP contribution in [0, 0.1) is 5.82 Å². The fourth-order valence-electron chi connectivity index (χ4n) is 1.78. The normalized spacial score (nSPS) is 10.1. The van der Waals surface area contributed by atoms with Gasteiger partial charge in [-0.2, -0.15) is 0 Å². The van der Waals surface area contributed by atoms with Crippen LogP contribution in [0.25, 0.3) is 0 Å². The zero-order valence-corrected chi connectivity index (χ0v) is 10.9. The molecule has 19 heavy (non-hydrogen) atoms. The van der Waals surface area contributed by atoms with Gasteiger partial charge in [0, 0.05) is 13.1 Å². The van der Waals surface area contributed by atoms with Crippen molar-refractivity contribution in [2.24, 2.45) is 0 Å². The highest BCUT2D eigenvalue weighted by atomic mass is 19.1. The van der Waals surface area contributed by atoms with Crippen molar-refractivity contribution in [3.8, 4) is 0 Å². The molecule has 0 heterocycles. The average Bonchev–Trinajstić information content (AvgIpc) is 2.35. The van der Waals surface area contributed by atoms with Gasteiger partial charge in [-0.15, -0.1) is 0 Å². The van der Waals surface area contributed by atoms with Crippen molar-refractivity contribution in [1.29, 1.82) is 0 Å². The molecule has 0 aliphatic heterocycles. The molecule has 1 amide bonds. The molecule has 0 spiro atoms. The minimum atomic E-state index is -1.34. The number of carboxylic acids is 1. The number of halogens is 1. The van der Waals surface area contributed by atoms with Gasteiger partial charge in [0.15, 0.2) is 0 Å². The minimum absolute atomic E-state index is 0.00588. The van der Waals surface area contributed by atoms with E-state index in [2.05, 4.69) is 5.32 Å². The van der Waals surface area contributed by atoms with Crippen LogP contribution in [0.2, 0.25) is 0 Å². The lowest BCUT2D eigenvalue weighted by Gasteiger charge is -2.24. The number of benzene rings is 1. The Morgan fingerprint density at radius 1 is 1.37 bits per heavy atom. The summed E-state index contributed by atoms with van der Waals surface area (Å²) in [6, 6.07) is 4.01. The van der Waals surface area contributed by atoms with Gasteiger partial charge in [0.25, 0.3) is 0 Å². The maximum Gasteiger partial charge on any atom is 0.340 e. The topological polar surface area (TPSA) is 69.6 Å². The molecule has 0 aliphatic carbocycles. The van der Waals surface area contributed by atoms with E-state index in [9.17, 15) is 14.0 Å². The largest absolute Gasteiger partial charge is 0.478 e. The molecule has 2 N–H and O–H groups in total. The summed E-state index contributed by atoms with van der Waals surface area (Å²) in [5, 5.41) is 11.7. The molecule has 1 rings (SSSR count). The van der Waals surface area contributed by atoms with Crippen LogP contribution in [0.5, 0.6) is 0 Å². The zero-order valence-electron chi connectivity index (χ0n) is 10.9. The molecule has 0 bridgehead atoms. The van der Waals surface area contributed by atoms with E-state index in [1.807, 2.05) is 0 Å². The molecule has 0 fully saturated rings. The first-order chi connectivity index (χ1) is 9.01. The third-order valence-corrected chi connectivity index (χ3v) is 2.64. The maximum atomic E-state index is 13.6. The molecular weight excluding hydrogens is 251 g/mol. The van der Waals surface area contributed by atoms with Gasteiger partial charge < -0.3 is 15.3 Å². The lowest BCUT2D eigenvalue weighted by molar-refractivity contribution is -0.119. The van der Waals surface area contributed by atoms with E-state index in [-0.39, 0.29) is 18.1 Å². The monoisotopic (exact) mass is 268 g/mol. The lowest BCUT2D eigenvalue weighted by Crippen LogP contribution is -2.37. The maximum absolute atomic E-state index is 13.6. The lowest BCUT2D eigenvalue weighted by atomic mass is 10.1. The van der Waals surface area contributed by atoms with Crippen molar-refractivity contribution < 1.29 is 19.1 Å². The van der Waals surface area contributed by atoms with Crippen LogP contribution in [0.15, 0.2) is 18.2 Å². The first-order valence-electron chi connectivity index (χ1n) is 6.04. The summed E-state index contributed by atoms with van der Waals surface area (Å²) in [4.78, 5) is 24.2. The third-order valence-electron chi connectivity index (χ3n) is 2.64. The van der Waals surface area contributed by atoms with E-state index in [0.29, 0.717) is 13.1 Å². The number of carbonyl (C=O) groups is 2. The Balaban J connectivity index is 3.08. The number of hydrogen-bond acceptors (Lipinski definition) is 3. The van der Waals surface area contributed by atoms with Crippen molar-refractivity contribution in [1.82, 2.24) is 5.32 Å². The van der Waals surface area contributed by atoms with Crippen LogP contribution >= 0.6 is 0 Å². The number of hydrogen-bond donors (Lipinski definition) is 2. The number of anilines is 1. The summed E-state index contributed by atoms with van der Waals surface area (Å²) in [6.07, 6.45) is 0. The second-order valence-electron chi connectivity index (χ2n) is 3.91. The summed E-state index contributed by atoms with van der Waals surface area (Å²) in [5.74, 6) is -2.38. The van der Waals surface area contributed by atoms with Crippen LogP contribution in [-0.2, 0) is 4.79 Å². The molecule has 0 unspecified atom stereocenters. The molecule has 5 nitrogen and oxygen atoms in total. The highest BCUT2D eigenvalue weighted by Gasteiger charge is 2.20. The smallest absolute Gasteiger partial charge is 0.340 e. The number of nitrogens with one attached hydrogen (secondary N) is 1. The van der Waals surface area contributed by atoms with Gasteiger partial charge in [-0.1, -0.05) is 6.07 Å².